The van der Waals surface area contributed by atoms with Gasteiger partial charge in [-0.1, -0.05) is 12.1 Å². The molecule has 6 amide bonds. The molecule has 7 unspecified atom stereocenters. The Morgan fingerprint density at radius 3 is 2.05 bits per heavy atom. The van der Waals surface area contributed by atoms with Gasteiger partial charge >= 0.3 is 0 Å². The molecule has 63 heavy (non-hydrogen) atoms. The van der Waals surface area contributed by atoms with Crippen LogP contribution in [-0.2, 0) is 33.5 Å². The summed E-state index contributed by atoms with van der Waals surface area (Å²) in [4.78, 5) is 86.0. The van der Waals surface area contributed by atoms with Crippen molar-refractivity contribution >= 4 is 35.4 Å². The Bertz CT molecular complexity index is 1730. The Hall–Kier alpha value is -4.64. The van der Waals surface area contributed by atoms with Crippen LogP contribution < -0.4 is 43.8 Å². The van der Waals surface area contributed by atoms with Crippen molar-refractivity contribution in [1.82, 2.24) is 36.4 Å². The van der Waals surface area contributed by atoms with Crippen LogP contribution in [0, 0.1) is 0 Å². The molecule has 19 N–H and O–H groups in total. The number of phenolic OH excluding ortho intramolecular Hbond substituents is 1. The number of hydrogen-bond donors (Lipinski definition) is 16. The summed E-state index contributed by atoms with van der Waals surface area (Å²) in [6.07, 6.45) is -15.2. The van der Waals surface area contributed by atoms with Crippen LogP contribution in [0.15, 0.2) is 24.3 Å². The zero-order chi connectivity index (χ0) is 46.7. The van der Waals surface area contributed by atoms with Gasteiger partial charge in [-0.2, -0.15) is 0 Å². The molecule has 3 heterocycles. The largest absolute Gasteiger partial charge is 0.508 e. The van der Waals surface area contributed by atoms with Crippen LogP contribution in [0.25, 0.3) is 0 Å². The molecule has 3 fully saturated rings. The Kier molecular flexibility index (Phi) is 18.9. The van der Waals surface area contributed by atoms with Crippen molar-refractivity contribution in [2.24, 2.45) is 17.2 Å². The summed E-state index contributed by atoms with van der Waals surface area (Å²) in [5.74, 6) is -7.08. The van der Waals surface area contributed by atoms with Crippen LogP contribution in [0.3, 0.4) is 0 Å². The summed E-state index contributed by atoms with van der Waals surface area (Å²) >= 11 is 0. The summed E-state index contributed by atoms with van der Waals surface area (Å²) < 4.78 is 5.36. The van der Waals surface area contributed by atoms with Crippen molar-refractivity contribution < 1.29 is 74.4 Å². The van der Waals surface area contributed by atoms with E-state index >= 15 is 0 Å². The molecule has 0 aliphatic carbocycles. The summed E-state index contributed by atoms with van der Waals surface area (Å²) in [5, 5.41) is 99.8. The standard InChI is InChI=1S/C38H62N10O15/c1-17(49)26-37(61)48-16-20(51)14-22(48)34(58)45-28(31(56)30(55)18-2-4-19(50)5-3-18)35(59)44-27(23(52)6-8-39)38(62)47-11-7-24(53)29(47)36(60)46-32(42-10-13-63-12-9-40)25(54)15-21(41)33(57)43-26/h2-5,17,20-32,42,49-56H,6-16,39-41H2,1H3,(H,43,57)(H,44,59)(H,45,58)(H,46,60)/t17-,20-,21?,22?,23-,24+,25-,26?,27?,28?,29?,30+,31+,32?/m1/s1. The number of ether oxygens (including phenoxy) is 1. The van der Waals surface area contributed by atoms with Gasteiger partial charge in [0, 0.05) is 39.0 Å². The molecule has 0 bridgehead atoms. The van der Waals surface area contributed by atoms with Crippen LogP contribution >= 0.6 is 0 Å². The van der Waals surface area contributed by atoms with E-state index in [2.05, 4.69) is 26.6 Å². The average Bonchev–Trinajstić information content (AvgIpc) is 3.84. The third kappa shape index (κ3) is 13.0. The Morgan fingerprint density at radius 1 is 0.778 bits per heavy atom. The van der Waals surface area contributed by atoms with Gasteiger partial charge in [0.1, 0.15) is 54.3 Å². The molecule has 3 saturated heterocycles. The zero-order valence-electron chi connectivity index (χ0n) is 34.7. The highest BCUT2D eigenvalue weighted by Gasteiger charge is 2.48. The van der Waals surface area contributed by atoms with E-state index < -0.39 is 140 Å². The van der Waals surface area contributed by atoms with Crippen molar-refractivity contribution in [3.8, 4) is 5.75 Å². The summed E-state index contributed by atoms with van der Waals surface area (Å²) in [7, 11) is 0. The molecule has 4 rings (SSSR count). The fourth-order valence-electron chi connectivity index (χ4n) is 7.66. The van der Waals surface area contributed by atoms with Gasteiger partial charge < -0.3 is 93.9 Å². The van der Waals surface area contributed by atoms with Crippen molar-refractivity contribution in [2.75, 3.05) is 45.9 Å². The molecule has 0 radical (unpaired) electrons. The number of nitrogens with zero attached hydrogens (tertiary/aromatic N) is 2. The number of phenols is 1. The van der Waals surface area contributed by atoms with Gasteiger partial charge in [-0.05, 0) is 44.0 Å². The van der Waals surface area contributed by atoms with Crippen molar-refractivity contribution in [3.63, 3.8) is 0 Å². The van der Waals surface area contributed by atoms with Crippen LogP contribution in [0.2, 0.25) is 0 Å². The van der Waals surface area contributed by atoms with Crippen molar-refractivity contribution in [2.45, 2.75) is 118 Å². The molecular weight excluding hydrogens is 836 g/mol. The van der Waals surface area contributed by atoms with E-state index in [0.717, 1.165) is 16.7 Å². The average molecular weight is 899 g/mol. The van der Waals surface area contributed by atoms with Gasteiger partial charge in [-0.25, -0.2) is 0 Å². The summed E-state index contributed by atoms with van der Waals surface area (Å²) in [5.41, 5.74) is 17.3. The predicted molar refractivity (Wildman–Crippen MR) is 217 cm³/mol. The lowest BCUT2D eigenvalue weighted by Gasteiger charge is -2.35. The normalized spacial score (nSPS) is 31.4. The number of hydrogen-bond acceptors (Lipinski definition) is 19. The summed E-state index contributed by atoms with van der Waals surface area (Å²) in [6.45, 7) is 0.508. The first kappa shape index (κ1) is 51.0. The van der Waals surface area contributed by atoms with Gasteiger partial charge in [0.05, 0.1) is 49.8 Å². The van der Waals surface area contributed by atoms with E-state index in [1.54, 1.807) is 0 Å². The fourth-order valence-corrected chi connectivity index (χ4v) is 7.66. The van der Waals surface area contributed by atoms with Gasteiger partial charge in [-0.3, -0.25) is 34.1 Å². The molecule has 0 spiro atoms. The third-order valence-electron chi connectivity index (χ3n) is 11.1. The van der Waals surface area contributed by atoms with Crippen LogP contribution in [0.5, 0.6) is 5.75 Å². The molecule has 25 heteroatoms. The third-order valence-corrected chi connectivity index (χ3v) is 11.1. The molecule has 3 aliphatic rings. The molecule has 0 aromatic heterocycles. The van der Waals surface area contributed by atoms with Gasteiger partial charge in [0.2, 0.25) is 35.4 Å². The van der Waals surface area contributed by atoms with E-state index in [0.29, 0.717) is 0 Å². The lowest BCUT2D eigenvalue weighted by Crippen LogP contribution is -2.65. The molecule has 1 aromatic carbocycles. The number of nitrogens with two attached hydrogens (primary N) is 3. The molecule has 1 aromatic rings. The Morgan fingerprint density at radius 2 is 1.41 bits per heavy atom. The zero-order valence-corrected chi connectivity index (χ0v) is 34.7. The number of nitrogens with one attached hydrogen (secondary N) is 5. The number of aliphatic hydroxyl groups excluding tert-OH is 7. The minimum atomic E-state index is -2.26. The van der Waals surface area contributed by atoms with Crippen LogP contribution in [0.1, 0.15) is 44.3 Å². The number of aromatic hydroxyl groups is 1. The lowest BCUT2D eigenvalue weighted by atomic mass is 9.96. The lowest BCUT2D eigenvalue weighted by molar-refractivity contribution is -0.148. The Balaban J connectivity index is 1.82. The molecular formula is C38H62N10O15. The fraction of sp³-hybridized carbons (Fsp3) is 0.684. The first-order valence-electron chi connectivity index (χ1n) is 20.7. The highest BCUT2D eigenvalue weighted by Crippen LogP contribution is 2.26. The minimum Gasteiger partial charge on any atom is -0.508 e. The topological polar surface area (TPSA) is 418 Å². The maximum atomic E-state index is 14.4. The van der Waals surface area contributed by atoms with E-state index in [9.17, 15) is 69.6 Å². The second-order valence-corrected chi connectivity index (χ2v) is 15.9. The first-order chi connectivity index (χ1) is 29.8. The second-order valence-electron chi connectivity index (χ2n) is 15.9. The number of carbonyl (C=O) groups is 6. The molecule has 25 nitrogen and oxygen atoms in total. The number of benzene rings is 1. The minimum absolute atomic E-state index is 0.0125. The smallest absolute Gasteiger partial charge is 0.248 e. The van der Waals surface area contributed by atoms with Crippen LogP contribution in [-0.4, -0.2) is 211 Å². The van der Waals surface area contributed by atoms with Gasteiger partial charge in [-0.15, -0.1) is 0 Å². The second kappa shape index (κ2) is 23.3. The number of rotatable bonds is 13. The highest BCUT2D eigenvalue weighted by molar-refractivity contribution is 5.98. The maximum Gasteiger partial charge on any atom is 0.248 e. The first-order valence-corrected chi connectivity index (χ1v) is 20.7. The van der Waals surface area contributed by atoms with Crippen molar-refractivity contribution in [1.29, 1.82) is 0 Å². The van der Waals surface area contributed by atoms with E-state index in [-0.39, 0.29) is 63.5 Å². The molecule has 0 saturated carbocycles. The van der Waals surface area contributed by atoms with E-state index in [1.807, 2.05) is 0 Å². The predicted octanol–water partition coefficient (Wildman–Crippen LogP) is -8.65. The monoisotopic (exact) mass is 898 g/mol. The SMILES string of the molecule is C[C@@H](O)C1NC(=O)C(N)C[C@@H](O)C(NCCOCCN)NC(=O)C2[C@@H](O)CCN2C(=O)C([C@H](O)CCN)NC(=O)C([C@H](O)[C@@H](O)c2ccc(O)cc2)NC(=O)C2C[C@@H](O)CN2C1=O. The molecule has 354 valence electrons. The number of carbonyl (C=O) groups excluding carboxylic acids is 6. The highest BCUT2D eigenvalue weighted by atomic mass is 16.5. The molecule has 3 aliphatic heterocycles. The van der Waals surface area contributed by atoms with Crippen LogP contribution in [0.4, 0.5) is 0 Å². The molecule has 14 atom stereocenters. The number of amides is 6. The van der Waals surface area contributed by atoms with Gasteiger partial charge in [0.25, 0.3) is 0 Å². The van der Waals surface area contributed by atoms with Gasteiger partial charge in [0.15, 0.2) is 0 Å². The van der Waals surface area contributed by atoms with Crippen molar-refractivity contribution in [3.05, 3.63) is 29.8 Å². The maximum absolute atomic E-state index is 14.4. The summed E-state index contributed by atoms with van der Waals surface area (Å²) in [6, 6.07) is -6.17. The Labute approximate surface area is 362 Å². The van der Waals surface area contributed by atoms with E-state index in [1.165, 1.54) is 24.3 Å². The quantitative estimate of drug-likeness (QED) is 0.0818. The number of fused-ring (bicyclic) bond motifs is 2. The van der Waals surface area contributed by atoms with E-state index in [4.69, 9.17) is 21.9 Å². The number of aliphatic hydroxyl groups is 7.